The van der Waals surface area contributed by atoms with Crippen LogP contribution in [-0.4, -0.2) is 72.1 Å². The van der Waals surface area contributed by atoms with Crippen molar-refractivity contribution in [1.29, 1.82) is 0 Å². The molecule has 0 radical (unpaired) electrons. The number of benzene rings is 2. The highest BCUT2D eigenvalue weighted by atomic mass is 16.5. The summed E-state index contributed by atoms with van der Waals surface area (Å²) >= 11 is 0. The third-order valence-corrected chi connectivity index (χ3v) is 7.42. The molecule has 1 amide bonds. The van der Waals surface area contributed by atoms with Crippen LogP contribution in [0.2, 0.25) is 0 Å². The third kappa shape index (κ3) is 6.02. The number of fused-ring (bicyclic) bond motifs is 1. The summed E-state index contributed by atoms with van der Waals surface area (Å²) in [7, 11) is 0. The van der Waals surface area contributed by atoms with Crippen molar-refractivity contribution in [2.75, 3.05) is 39.4 Å². The molecular formula is C32H40N2O6. The number of hydrogen-bond acceptors (Lipinski definition) is 7. The molecule has 8 nitrogen and oxygen atoms in total. The summed E-state index contributed by atoms with van der Waals surface area (Å²) in [5, 5.41) is 11.6. The predicted molar refractivity (Wildman–Crippen MR) is 155 cm³/mol. The van der Waals surface area contributed by atoms with Gasteiger partial charge in [-0.25, -0.2) is 0 Å². The minimum Gasteiger partial charge on any atom is -0.507 e. The summed E-state index contributed by atoms with van der Waals surface area (Å²) in [5.41, 5.74) is 2.18. The molecule has 8 heteroatoms. The SMILES string of the molecule is C=CCOc1ccc([C@@H]2C(=C(O)c3ccc4c(c3)C[C@@H](C)O4)C(=O)C(=O)N2CCCN(CC)CC)cc1OCC. The van der Waals surface area contributed by atoms with Crippen molar-refractivity contribution in [2.24, 2.45) is 0 Å². The monoisotopic (exact) mass is 548 g/mol. The number of Topliss-reactive ketones (excluding diaryl/α,β-unsaturated/α-hetero) is 1. The van der Waals surface area contributed by atoms with E-state index in [1.807, 2.05) is 32.0 Å². The molecule has 1 fully saturated rings. The zero-order valence-corrected chi connectivity index (χ0v) is 23.9. The van der Waals surface area contributed by atoms with E-state index in [-0.39, 0.29) is 17.4 Å². The molecule has 2 atom stereocenters. The fraction of sp³-hybridized carbons (Fsp3) is 0.438. The van der Waals surface area contributed by atoms with Crippen molar-refractivity contribution in [3.05, 3.63) is 71.3 Å². The Hall–Kier alpha value is -3.78. The largest absolute Gasteiger partial charge is 0.507 e. The quantitative estimate of drug-likeness (QED) is 0.161. The molecular weight excluding hydrogens is 508 g/mol. The van der Waals surface area contributed by atoms with Crippen LogP contribution in [-0.2, 0) is 16.0 Å². The number of aliphatic hydroxyl groups excluding tert-OH is 1. The normalized spacial score (nSPS) is 19.6. The van der Waals surface area contributed by atoms with Gasteiger partial charge in [0.2, 0.25) is 0 Å². The van der Waals surface area contributed by atoms with E-state index in [9.17, 15) is 14.7 Å². The van der Waals surface area contributed by atoms with Crippen molar-refractivity contribution in [3.63, 3.8) is 0 Å². The summed E-state index contributed by atoms with van der Waals surface area (Å²) < 4.78 is 17.4. The van der Waals surface area contributed by atoms with Gasteiger partial charge >= 0.3 is 0 Å². The smallest absolute Gasteiger partial charge is 0.295 e. The van der Waals surface area contributed by atoms with Crippen LogP contribution in [0.1, 0.15) is 56.8 Å². The fourth-order valence-corrected chi connectivity index (χ4v) is 5.42. The van der Waals surface area contributed by atoms with Crippen molar-refractivity contribution >= 4 is 17.4 Å². The second-order valence-corrected chi connectivity index (χ2v) is 10.1. The number of carbonyl (C=O) groups excluding carboxylic acids is 2. The molecule has 2 aromatic rings. The van der Waals surface area contributed by atoms with Crippen LogP contribution >= 0.6 is 0 Å². The van der Waals surface area contributed by atoms with E-state index in [0.29, 0.717) is 55.2 Å². The standard InChI is InChI=1S/C32H40N2O6/c1-6-17-39-26-14-11-22(20-27(26)38-9-4)29-28(30(35)23-12-13-25-24(19-23)18-21(5)40-25)31(36)32(37)34(29)16-10-15-33(7-2)8-3/h6,11-14,19-21,29,35H,1,7-10,15-18H2,2-5H3/t21-,29-/m1/s1. The van der Waals surface area contributed by atoms with E-state index in [1.54, 1.807) is 29.2 Å². The minimum atomic E-state index is -0.771. The Morgan fingerprint density at radius 3 is 2.60 bits per heavy atom. The Labute approximate surface area is 236 Å². The second kappa shape index (κ2) is 13.0. The van der Waals surface area contributed by atoms with Gasteiger partial charge in [-0.2, -0.15) is 0 Å². The van der Waals surface area contributed by atoms with Gasteiger partial charge in [0.15, 0.2) is 11.5 Å². The number of carbonyl (C=O) groups is 2. The second-order valence-electron chi connectivity index (χ2n) is 10.1. The zero-order valence-electron chi connectivity index (χ0n) is 23.9. The lowest BCUT2D eigenvalue weighted by atomic mass is 9.94. The van der Waals surface area contributed by atoms with Gasteiger partial charge < -0.3 is 29.1 Å². The number of amides is 1. The molecule has 0 spiro atoms. The average molecular weight is 549 g/mol. The molecule has 1 N–H and O–H groups in total. The van der Waals surface area contributed by atoms with Gasteiger partial charge in [-0.3, -0.25) is 9.59 Å². The number of hydrogen-bond donors (Lipinski definition) is 1. The first-order valence-corrected chi connectivity index (χ1v) is 14.1. The molecule has 1 saturated heterocycles. The first-order chi connectivity index (χ1) is 19.3. The van der Waals surface area contributed by atoms with Gasteiger partial charge in [-0.1, -0.05) is 32.6 Å². The van der Waals surface area contributed by atoms with Crippen LogP contribution in [0.25, 0.3) is 5.76 Å². The maximum atomic E-state index is 13.5. The van der Waals surface area contributed by atoms with Crippen LogP contribution in [0.3, 0.4) is 0 Å². The van der Waals surface area contributed by atoms with Gasteiger partial charge in [0.25, 0.3) is 11.7 Å². The lowest BCUT2D eigenvalue weighted by Crippen LogP contribution is -2.33. The van der Waals surface area contributed by atoms with Crippen molar-refractivity contribution < 1.29 is 28.9 Å². The molecule has 0 saturated carbocycles. The van der Waals surface area contributed by atoms with E-state index in [0.717, 1.165) is 30.9 Å². The summed E-state index contributed by atoms with van der Waals surface area (Å²) in [5.74, 6) is 0.307. The molecule has 40 heavy (non-hydrogen) atoms. The highest BCUT2D eigenvalue weighted by Gasteiger charge is 2.46. The first kappa shape index (κ1) is 29.2. The Kier molecular flexibility index (Phi) is 9.53. The number of likely N-dealkylation sites (tertiary alicyclic amines) is 1. The van der Waals surface area contributed by atoms with Crippen molar-refractivity contribution in [1.82, 2.24) is 9.80 Å². The molecule has 4 rings (SSSR count). The lowest BCUT2D eigenvalue weighted by molar-refractivity contribution is -0.140. The summed E-state index contributed by atoms with van der Waals surface area (Å²) in [6.45, 7) is 15.5. The van der Waals surface area contributed by atoms with Crippen molar-refractivity contribution in [3.8, 4) is 17.2 Å². The van der Waals surface area contributed by atoms with Gasteiger partial charge in [-0.15, -0.1) is 0 Å². The number of ketones is 1. The first-order valence-electron chi connectivity index (χ1n) is 14.1. The Morgan fingerprint density at radius 1 is 1.12 bits per heavy atom. The third-order valence-electron chi connectivity index (χ3n) is 7.42. The summed E-state index contributed by atoms with van der Waals surface area (Å²) in [6.07, 6.45) is 3.10. The molecule has 0 aliphatic carbocycles. The molecule has 2 aliphatic heterocycles. The van der Waals surface area contributed by atoms with Crippen LogP contribution in [0, 0.1) is 0 Å². The maximum Gasteiger partial charge on any atom is 0.295 e. The maximum absolute atomic E-state index is 13.5. The topological polar surface area (TPSA) is 88.5 Å². The number of nitrogens with zero attached hydrogens (tertiary/aromatic N) is 2. The molecule has 2 aromatic carbocycles. The van der Waals surface area contributed by atoms with E-state index < -0.39 is 17.7 Å². The molecule has 0 aromatic heterocycles. The van der Waals surface area contributed by atoms with E-state index in [4.69, 9.17) is 14.2 Å². The fourth-order valence-electron chi connectivity index (χ4n) is 5.42. The van der Waals surface area contributed by atoms with Crippen LogP contribution in [0.4, 0.5) is 0 Å². The minimum absolute atomic E-state index is 0.0441. The number of ether oxygens (including phenoxy) is 3. The van der Waals surface area contributed by atoms with Gasteiger partial charge in [-0.05, 0) is 81.4 Å². The molecule has 2 aliphatic rings. The average Bonchev–Trinajstić information content (AvgIpc) is 3.45. The van der Waals surface area contributed by atoms with Gasteiger partial charge in [0.05, 0.1) is 18.2 Å². The molecule has 0 bridgehead atoms. The van der Waals surface area contributed by atoms with Crippen LogP contribution in [0.5, 0.6) is 17.2 Å². The van der Waals surface area contributed by atoms with E-state index >= 15 is 0 Å². The number of rotatable bonds is 13. The summed E-state index contributed by atoms with van der Waals surface area (Å²) in [6, 6.07) is 10.00. The molecule has 0 unspecified atom stereocenters. The Morgan fingerprint density at radius 2 is 1.90 bits per heavy atom. The highest BCUT2D eigenvalue weighted by molar-refractivity contribution is 6.46. The van der Waals surface area contributed by atoms with E-state index in [1.165, 1.54) is 0 Å². The molecule has 214 valence electrons. The molecule has 2 heterocycles. The van der Waals surface area contributed by atoms with E-state index in [2.05, 4.69) is 25.3 Å². The number of aliphatic hydroxyl groups is 1. The van der Waals surface area contributed by atoms with Gasteiger partial charge in [0.1, 0.15) is 24.2 Å². The van der Waals surface area contributed by atoms with Crippen molar-refractivity contribution in [2.45, 2.75) is 52.7 Å². The van der Waals surface area contributed by atoms with Crippen LogP contribution < -0.4 is 14.2 Å². The lowest BCUT2D eigenvalue weighted by Gasteiger charge is -2.27. The highest BCUT2D eigenvalue weighted by Crippen LogP contribution is 2.43. The predicted octanol–water partition coefficient (Wildman–Crippen LogP) is 5.13. The summed E-state index contributed by atoms with van der Waals surface area (Å²) in [4.78, 5) is 30.8. The zero-order chi connectivity index (χ0) is 28.8. The Bertz CT molecular complexity index is 1280. The van der Waals surface area contributed by atoms with Gasteiger partial charge in [0, 0.05) is 18.5 Å². The van der Waals surface area contributed by atoms with Crippen LogP contribution in [0.15, 0.2) is 54.6 Å². The Balaban J connectivity index is 1.78.